The van der Waals surface area contributed by atoms with E-state index in [4.69, 9.17) is 10.00 Å². The van der Waals surface area contributed by atoms with Crippen molar-refractivity contribution in [3.63, 3.8) is 0 Å². The van der Waals surface area contributed by atoms with E-state index in [2.05, 4.69) is 32.6 Å². The first-order valence-electron chi connectivity index (χ1n) is 5.80. The van der Waals surface area contributed by atoms with Crippen molar-refractivity contribution < 1.29 is 9.53 Å². The molecule has 0 aliphatic carbocycles. The summed E-state index contributed by atoms with van der Waals surface area (Å²) in [6.45, 7) is 2.71. The number of hydrogen-bond donors (Lipinski definition) is 2. The van der Waals surface area contributed by atoms with Crippen molar-refractivity contribution in [2.45, 2.75) is 13.0 Å². The van der Waals surface area contributed by atoms with Gasteiger partial charge in [-0.1, -0.05) is 15.9 Å². The number of carbonyl (C=O) groups excluding carboxylic acids is 1. The summed E-state index contributed by atoms with van der Waals surface area (Å²) in [6.07, 6.45) is 0. The zero-order valence-electron chi connectivity index (χ0n) is 10.9. The number of anilines is 1. The molecule has 0 fully saturated rings. The summed E-state index contributed by atoms with van der Waals surface area (Å²) in [6, 6.07) is 6.91. The van der Waals surface area contributed by atoms with Gasteiger partial charge >= 0.3 is 0 Å². The molecule has 1 atom stereocenters. The van der Waals surface area contributed by atoms with Crippen LogP contribution < -0.4 is 10.6 Å². The van der Waals surface area contributed by atoms with Gasteiger partial charge in [-0.25, -0.2) is 0 Å². The Kier molecular flexibility index (Phi) is 6.33. The first kappa shape index (κ1) is 15.5. The van der Waals surface area contributed by atoms with Gasteiger partial charge in [-0.2, -0.15) is 5.26 Å². The number of nitriles is 1. The standard InChI is InChI=1S/C13H16BrN3O2/c1-9(13(18)16-3-4-19-2)17-12-6-10(8-15)5-11(14)7-12/h5-7,9,17H,3-4H2,1-2H3,(H,16,18). The summed E-state index contributed by atoms with van der Waals surface area (Å²) in [7, 11) is 1.58. The molecule has 0 spiro atoms. The Morgan fingerprint density at radius 2 is 2.26 bits per heavy atom. The molecule has 2 N–H and O–H groups in total. The van der Waals surface area contributed by atoms with Crippen LogP contribution in [0.15, 0.2) is 22.7 Å². The van der Waals surface area contributed by atoms with Crippen molar-refractivity contribution in [2.24, 2.45) is 0 Å². The number of amides is 1. The van der Waals surface area contributed by atoms with Crippen LogP contribution in [-0.2, 0) is 9.53 Å². The monoisotopic (exact) mass is 325 g/mol. The maximum atomic E-state index is 11.8. The van der Waals surface area contributed by atoms with Gasteiger partial charge in [-0.3, -0.25) is 4.79 Å². The van der Waals surface area contributed by atoms with E-state index in [0.29, 0.717) is 18.7 Å². The van der Waals surface area contributed by atoms with Gasteiger partial charge in [0.15, 0.2) is 0 Å². The van der Waals surface area contributed by atoms with Crippen molar-refractivity contribution in [2.75, 3.05) is 25.6 Å². The van der Waals surface area contributed by atoms with E-state index in [9.17, 15) is 4.79 Å². The molecular formula is C13H16BrN3O2. The molecule has 0 saturated carbocycles. The summed E-state index contributed by atoms with van der Waals surface area (Å²) in [4.78, 5) is 11.8. The highest BCUT2D eigenvalue weighted by molar-refractivity contribution is 9.10. The van der Waals surface area contributed by atoms with E-state index >= 15 is 0 Å². The molecule has 0 heterocycles. The van der Waals surface area contributed by atoms with Gasteiger partial charge in [-0.05, 0) is 25.1 Å². The van der Waals surface area contributed by atoms with Crippen molar-refractivity contribution in [3.05, 3.63) is 28.2 Å². The van der Waals surface area contributed by atoms with Crippen LogP contribution in [-0.4, -0.2) is 32.2 Å². The third kappa shape index (κ3) is 5.28. The number of rotatable bonds is 6. The van der Waals surface area contributed by atoms with Crippen molar-refractivity contribution in [1.82, 2.24) is 5.32 Å². The van der Waals surface area contributed by atoms with Crippen LogP contribution in [0.4, 0.5) is 5.69 Å². The van der Waals surface area contributed by atoms with Crippen LogP contribution >= 0.6 is 15.9 Å². The summed E-state index contributed by atoms with van der Waals surface area (Å²) < 4.78 is 5.65. The smallest absolute Gasteiger partial charge is 0.242 e. The molecule has 1 unspecified atom stereocenters. The lowest BCUT2D eigenvalue weighted by Gasteiger charge is -2.15. The molecule has 1 aromatic rings. The van der Waals surface area contributed by atoms with Crippen LogP contribution in [0.1, 0.15) is 12.5 Å². The van der Waals surface area contributed by atoms with Crippen LogP contribution in [0, 0.1) is 11.3 Å². The average Bonchev–Trinajstić information content (AvgIpc) is 2.38. The molecule has 0 aromatic heterocycles. The number of methoxy groups -OCH3 is 1. The lowest BCUT2D eigenvalue weighted by atomic mass is 10.2. The molecule has 1 rings (SSSR count). The van der Waals surface area contributed by atoms with E-state index < -0.39 is 6.04 Å². The number of halogens is 1. The number of carbonyl (C=O) groups is 1. The second-order valence-corrected chi connectivity index (χ2v) is 4.91. The highest BCUT2D eigenvalue weighted by atomic mass is 79.9. The summed E-state index contributed by atoms with van der Waals surface area (Å²) in [5.74, 6) is -0.115. The summed E-state index contributed by atoms with van der Waals surface area (Å²) in [5, 5.41) is 14.7. The summed E-state index contributed by atoms with van der Waals surface area (Å²) >= 11 is 3.32. The Morgan fingerprint density at radius 3 is 2.89 bits per heavy atom. The minimum atomic E-state index is -0.391. The maximum absolute atomic E-state index is 11.8. The first-order chi connectivity index (χ1) is 9.06. The van der Waals surface area contributed by atoms with Gasteiger partial charge in [0.1, 0.15) is 6.04 Å². The highest BCUT2D eigenvalue weighted by Crippen LogP contribution is 2.19. The first-order valence-corrected chi connectivity index (χ1v) is 6.60. The van der Waals surface area contributed by atoms with Gasteiger partial charge in [0.2, 0.25) is 5.91 Å². The number of benzene rings is 1. The van der Waals surface area contributed by atoms with Gasteiger partial charge in [-0.15, -0.1) is 0 Å². The number of ether oxygens (including phenoxy) is 1. The van der Waals surface area contributed by atoms with Crippen LogP contribution in [0.2, 0.25) is 0 Å². The Hall–Kier alpha value is -1.58. The fraction of sp³-hybridized carbons (Fsp3) is 0.385. The number of nitrogens with zero attached hydrogens (tertiary/aromatic N) is 1. The minimum absolute atomic E-state index is 0.115. The van der Waals surface area contributed by atoms with E-state index in [1.165, 1.54) is 0 Å². The Labute approximate surface area is 121 Å². The average molecular weight is 326 g/mol. The molecule has 0 aliphatic rings. The van der Waals surface area contributed by atoms with Crippen LogP contribution in [0.3, 0.4) is 0 Å². The van der Waals surface area contributed by atoms with E-state index in [1.54, 1.807) is 26.2 Å². The molecule has 19 heavy (non-hydrogen) atoms. The SMILES string of the molecule is COCCNC(=O)C(C)Nc1cc(Br)cc(C#N)c1. The molecule has 0 radical (unpaired) electrons. The largest absolute Gasteiger partial charge is 0.383 e. The molecule has 0 bridgehead atoms. The topological polar surface area (TPSA) is 74.2 Å². The predicted molar refractivity (Wildman–Crippen MR) is 76.8 cm³/mol. The van der Waals surface area contributed by atoms with Crippen molar-refractivity contribution >= 4 is 27.5 Å². The Bertz CT molecular complexity index is 485. The molecule has 102 valence electrons. The van der Waals surface area contributed by atoms with Gasteiger partial charge in [0.05, 0.1) is 18.2 Å². The minimum Gasteiger partial charge on any atom is -0.383 e. The Balaban J connectivity index is 2.61. The number of nitrogens with one attached hydrogen (secondary N) is 2. The second-order valence-electron chi connectivity index (χ2n) is 3.99. The fourth-order valence-electron chi connectivity index (χ4n) is 1.48. The zero-order chi connectivity index (χ0) is 14.3. The Morgan fingerprint density at radius 1 is 1.53 bits per heavy atom. The van der Waals surface area contributed by atoms with Crippen LogP contribution in [0.25, 0.3) is 0 Å². The normalized spacial score (nSPS) is 11.5. The molecule has 1 aromatic carbocycles. The van der Waals surface area contributed by atoms with Crippen LogP contribution in [0.5, 0.6) is 0 Å². The molecular weight excluding hydrogens is 310 g/mol. The highest BCUT2D eigenvalue weighted by Gasteiger charge is 2.12. The lowest BCUT2D eigenvalue weighted by Crippen LogP contribution is -2.39. The quantitative estimate of drug-likeness (QED) is 0.783. The molecule has 5 nitrogen and oxygen atoms in total. The lowest BCUT2D eigenvalue weighted by molar-refractivity contribution is -0.121. The van der Waals surface area contributed by atoms with E-state index in [-0.39, 0.29) is 5.91 Å². The van der Waals surface area contributed by atoms with Gasteiger partial charge < -0.3 is 15.4 Å². The predicted octanol–water partition coefficient (Wildman–Crippen LogP) is 1.88. The summed E-state index contributed by atoms with van der Waals surface area (Å²) in [5.41, 5.74) is 1.25. The van der Waals surface area contributed by atoms with Gasteiger partial charge in [0, 0.05) is 23.8 Å². The molecule has 1 amide bonds. The van der Waals surface area contributed by atoms with Crippen molar-refractivity contribution in [1.29, 1.82) is 5.26 Å². The van der Waals surface area contributed by atoms with E-state index in [1.807, 2.05) is 6.07 Å². The molecule has 0 aliphatic heterocycles. The third-order valence-corrected chi connectivity index (χ3v) is 2.87. The molecule has 0 saturated heterocycles. The van der Waals surface area contributed by atoms with Gasteiger partial charge in [0.25, 0.3) is 0 Å². The zero-order valence-corrected chi connectivity index (χ0v) is 12.5. The number of hydrogen-bond acceptors (Lipinski definition) is 4. The molecule has 6 heteroatoms. The second kappa shape index (κ2) is 7.77. The maximum Gasteiger partial charge on any atom is 0.242 e. The third-order valence-electron chi connectivity index (χ3n) is 2.41. The van der Waals surface area contributed by atoms with E-state index in [0.717, 1.165) is 10.2 Å². The fourth-order valence-corrected chi connectivity index (χ4v) is 1.98. The van der Waals surface area contributed by atoms with Crippen molar-refractivity contribution in [3.8, 4) is 6.07 Å².